The van der Waals surface area contributed by atoms with Crippen molar-refractivity contribution in [3.8, 4) is 0 Å². The van der Waals surface area contributed by atoms with Crippen molar-refractivity contribution in [3.05, 3.63) is 0 Å². The first-order chi connectivity index (χ1) is 5.84. The van der Waals surface area contributed by atoms with Gasteiger partial charge in [0.2, 0.25) is 0 Å². The van der Waals surface area contributed by atoms with Crippen molar-refractivity contribution in [1.29, 1.82) is 0 Å². The van der Waals surface area contributed by atoms with Crippen molar-refractivity contribution in [2.45, 2.75) is 32.6 Å². The van der Waals surface area contributed by atoms with Crippen LogP contribution in [0, 0.1) is 0 Å². The van der Waals surface area contributed by atoms with Gasteiger partial charge in [0.15, 0.2) is 5.11 Å². The molecule has 0 aromatic heterocycles. The summed E-state index contributed by atoms with van der Waals surface area (Å²) in [5.41, 5.74) is 0. The van der Waals surface area contributed by atoms with Gasteiger partial charge in [-0.15, -0.1) is 0 Å². The quantitative estimate of drug-likeness (QED) is 0.628. The van der Waals surface area contributed by atoms with Gasteiger partial charge in [-0.3, -0.25) is 0 Å². The Kier molecular flexibility index (Phi) is 4.36. The maximum atomic E-state index is 5.25. The molecule has 0 atom stereocenters. The molecule has 0 aromatic carbocycles. The Morgan fingerprint density at radius 1 is 1.25 bits per heavy atom. The van der Waals surface area contributed by atoms with Crippen LogP contribution in [0.2, 0.25) is 0 Å². The molecule has 70 valence electrons. The van der Waals surface area contributed by atoms with Crippen molar-refractivity contribution in [1.82, 2.24) is 10.2 Å². The number of rotatable bonds is 1. The van der Waals surface area contributed by atoms with Crippen LogP contribution in [0.3, 0.4) is 0 Å². The van der Waals surface area contributed by atoms with Crippen LogP contribution in [-0.2, 0) is 0 Å². The number of likely N-dealkylation sites (tertiary alicyclic amines) is 1. The minimum absolute atomic E-state index is 0.940. The lowest BCUT2D eigenvalue weighted by atomic mass is 10.2. The molecule has 0 bridgehead atoms. The maximum absolute atomic E-state index is 5.25. The summed E-state index contributed by atoms with van der Waals surface area (Å²) in [4.78, 5) is 2.30. The summed E-state index contributed by atoms with van der Waals surface area (Å²) in [6.07, 6.45) is 5.33. The lowest BCUT2D eigenvalue weighted by Gasteiger charge is -2.23. The summed E-state index contributed by atoms with van der Waals surface area (Å²) in [7, 11) is 0. The van der Waals surface area contributed by atoms with E-state index < -0.39 is 0 Å². The fourth-order valence-corrected chi connectivity index (χ4v) is 1.86. The number of thiocarbonyl (C=S) groups is 1. The van der Waals surface area contributed by atoms with E-state index in [1.165, 1.54) is 25.7 Å². The Bertz CT molecular complexity index is 139. The molecular weight excluding hydrogens is 168 g/mol. The topological polar surface area (TPSA) is 15.3 Å². The molecule has 1 fully saturated rings. The second-order valence-corrected chi connectivity index (χ2v) is 3.62. The van der Waals surface area contributed by atoms with E-state index in [0.717, 1.165) is 24.7 Å². The zero-order chi connectivity index (χ0) is 8.81. The highest BCUT2D eigenvalue weighted by atomic mass is 32.1. The molecule has 1 aliphatic heterocycles. The van der Waals surface area contributed by atoms with Gasteiger partial charge >= 0.3 is 0 Å². The van der Waals surface area contributed by atoms with E-state index in [9.17, 15) is 0 Å². The number of nitrogens with one attached hydrogen (secondary N) is 1. The van der Waals surface area contributed by atoms with Crippen LogP contribution in [0.4, 0.5) is 0 Å². The van der Waals surface area contributed by atoms with Crippen LogP contribution in [0.5, 0.6) is 0 Å². The molecule has 0 aromatic rings. The smallest absolute Gasteiger partial charge is 0.168 e. The van der Waals surface area contributed by atoms with Gasteiger partial charge < -0.3 is 10.2 Å². The Morgan fingerprint density at radius 3 is 2.33 bits per heavy atom. The monoisotopic (exact) mass is 186 g/mol. The maximum Gasteiger partial charge on any atom is 0.168 e. The molecule has 2 nitrogen and oxygen atoms in total. The number of nitrogens with zero attached hydrogens (tertiary/aromatic N) is 1. The highest BCUT2D eigenvalue weighted by Crippen LogP contribution is 2.09. The molecule has 0 unspecified atom stereocenters. The molecule has 1 heterocycles. The van der Waals surface area contributed by atoms with Crippen LogP contribution in [0.25, 0.3) is 0 Å². The lowest BCUT2D eigenvalue weighted by molar-refractivity contribution is 0.428. The first-order valence-corrected chi connectivity index (χ1v) is 5.28. The van der Waals surface area contributed by atoms with Gasteiger partial charge in [0.1, 0.15) is 0 Å². The second kappa shape index (κ2) is 5.36. The van der Waals surface area contributed by atoms with Gasteiger partial charge in [-0.25, -0.2) is 0 Å². The van der Waals surface area contributed by atoms with Crippen LogP contribution in [0.15, 0.2) is 0 Å². The van der Waals surface area contributed by atoms with Gasteiger partial charge in [0.05, 0.1) is 0 Å². The third-order valence-corrected chi connectivity index (χ3v) is 2.62. The largest absolute Gasteiger partial charge is 0.363 e. The third kappa shape index (κ3) is 2.97. The highest BCUT2D eigenvalue weighted by Gasteiger charge is 2.10. The fourth-order valence-electron chi connectivity index (χ4n) is 1.54. The summed E-state index contributed by atoms with van der Waals surface area (Å²) < 4.78 is 0. The fraction of sp³-hybridized carbons (Fsp3) is 0.889. The average molecular weight is 186 g/mol. The first-order valence-electron chi connectivity index (χ1n) is 4.87. The molecule has 1 saturated heterocycles. The van der Waals surface area contributed by atoms with Crippen molar-refractivity contribution in [3.63, 3.8) is 0 Å². The van der Waals surface area contributed by atoms with Crippen molar-refractivity contribution >= 4 is 17.3 Å². The van der Waals surface area contributed by atoms with Crippen molar-refractivity contribution < 1.29 is 0 Å². The van der Waals surface area contributed by atoms with Gasteiger partial charge in [-0.1, -0.05) is 12.8 Å². The minimum Gasteiger partial charge on any atom is -0.363 e. The van der Waals surface area contributed by atoms with Crippen LogP contribution < -0.4 is 5.32 Å². The number of hydrogen-bond donors (Lipinski definition) is 1. The normalized spacial score (nSPS) is 18.6. The highest BCUT2D eigenvalue weighted by molar-refractivity contribution is 7.80. The molecule has 12 heavy (non-hydrogen) atoms. The summed E-state index contributed by atoms with van der Waals surface area (Å²) in [5, 5.41) is 4.14. The van der Waals surface area contributed by atoms with Crippen molar-refractivity contribution in [2.75, 3.05) is 19.6 Å². The van der Waals surface area contributed by atoms with Gasteiger partial charge in [-0.2, -0.15) is 0 Å². The Labute approximate surface area is 80.3 Å². The summed E-state index contributed by atoms with van der Waals surface area (Å²) in [6, 6.07) is 0. The zero-order valence-corrected chi connectivity index (χ0v) is 8.62. The third-order valence-electron chi connectivity index (χ3n) is 2.22. The Morgan fingerprint density at radius 2 is 1.83 bits per heavy atom. The van der Waals surface area contributed by atoms with E-state index in [2.05, 4.69) is 17.1 Å². The van der Waals surface area contributed by atoms with E-state index in [1.54, 1.807) is 0 Å². The molecule has 0 spiro atoms. The van der Waals surface area contributed by atoms with E-state index >= 15 is 0 Å². The van der Waals surface area contributed by atoms with Crippen LogP contribution in [0.1, 0.15) is 32.6 Å². The number of hydrogen-bond acceptors (Lipinski definition) is 1. The SMILES string of the molecule is CCNC(=S)N1CCCCCC1. The minimum atomic E-state index is 0.940. The molecule has 1 N–H and O–H groups in total. The predicted molar refractivity (Wildman–Crippen MR) is 56.3 cm³/mol. The van der Waals surface area contributed by atoms with E-state index in [4.69, 9.17) is 12.2 Å². The Balaban J connectivity index is 2.32. The standard InChI is InChI=1S/C9H18N2S/c1-2-10-9(12)11-7-5-3-4-6-8-11/h2-8H2,1H3,(H,10,12). The molecule has 0 radical (unpaired) electrons. The van der Waals surface area contributed by atoms with Crippen LogP contribution >= 0.6 is 12.2 Å². The van der Waals surface area contributed by atoms with Gasteiger partial charge in [-0.05, 0) is 32.0 Å². The molecule has 0 saturated carbocycles. The van der Waals surface area contributed by atoms with Gasteiger partial charge in [0.25, 0.3) is 0 Å². The van der Waals surface area contributed by atoms with E-state index in [1.807, 2.05) is 0 Å². The van der Waals surface area contributed by atoms with Crippen LogP contribution in [-0.4, -0.2) is 29.6 Å². The second-order valence-electron chi connectivity index (χ2n) is 3.24. The summed E-state index contributed by atoms with van der Waals surface area (Å²) in [6.45, 7) is 5.32. The molecule has 1 aliphatic rings. The van der Waals surface area contributed by atoms with E-state index in [0.29, 0.717) is 0 Å². The molecule has 0 aliphatic carbocycles. The average Bonchev–Trinajstić information content (AvgIpc) is 2.32. The van der Waals surface area contributed by atoms with Gasteiger partial charge in [0, 0.05) is 19.6 Å². The lowest BCUT2D eigenvalue weighted by Crippen LogP contribution is -2.40. The molecule has 1 rings (SSSR count). The molecule has 3 heteroatoms. The summed E-state index contributed by atoms with van der Waals surface area (Å²) >= 11 is 5.25. The summed E-state index contributed by atoms with van der Waals surface area (Å²) in [5.74, 6) is 0. The van der Waals surface area contributed by atoms with E-state index in [-0.39, 0.29) is 0 Å². The Hall–Kier alpha value is -0.310. The molecule has 0 amide bonds. The first kappa shape index (κ1) is 9.78. The predicted octanol–water partition coefficient (Wildman–Crippen LogP) is 1.76. The molecular formula is C9H18N2S. The van der Waals surface area contributed by atoms with Crippen molar-refractivity contribution in [2.24, 2.45) is 0 Å². The zero-order valence-electron chi connectivity index (χ0n) is 7.81.